The van der Waals surface area contributed by atoms with Crippen LogP contribution in [0.2, 0.25) is 0 Å². The molecule has 0 N–H and O–H groups in total. The van der Waals surface area contributed by atoms with Crippen molar-refractivity contribution < 1.29 is 4.42 Å². The van der Waals surface area contributed by atoms with E-state index in [4.69, 9.17) is 4.42 Å². The maximum absolute atomic E-state index is 6.14. The van der Waals surface area contributed by atoms with Crippen LogP contribution in [0, 0.1) is 0 Å². The van der Waals surface area contributed by atoms with Crippen molar-refractivity contribution in [2.24, 2.45) is 0 Å². The van der Waals surface area contributed by atoms with Gasteiger partial charge in [0.1, 0.15) is 11.2 Å². The fraction of sp³-hybridized carbons (Fsp3) is 0.0382. The Morgan fingerprint density at radius 1 is 0.152 bits per heavy atom. The third-order valence-electron chi connectivity index (χ3n) is 28.8. The van der Waals surface area contributed by atoms with E-state index in [1.165, 1.54) is 226 Å². The fourth-order valence-electron chi connectivity index (χ4n) is 22.4. The Labute approximate surface area is 799 Å². The molecule has 0 unspecified atom stereocenters. The minimum absolute atomic E-state index is 0. The van der Waals surface area contributed by atoms with Crippen LogP contribution in [0.3, 0.4) is 0 Å². The number of fused-ring (bicyclic) bond motifs is 24. The normalized spacial score (nSPS) is 12.2. The molecule has 654 valence electrons. The van der Waals surface area contributed by atoms with E-state index in [-0.39, 0.29) is 20.3 Å². The highest BCUT2D eigenvalue weighted by Gasteiger charge is 2.36. The highest BCUT2D eigenvalue weighted by atomic mass is 16.3. The third-order valence-corrected chi connectivity index (χ3v) is 28.8. The molecule has 29 rings (SSSR count). The van der Waals surface area contributed by atoms with Crippen molar-refractivity contribution in [1.29, 1.82) is 0 Å². The lowest BCUT2D eigenvalue weighted by Crippen LogP contribution is -2.15. The average Bonchev–Trinajstić information content (AvgIpc) is 1.56. The number of para-hydroxylation sites is 10. The van der Waals surface area contributed by atoms with Crippen molar-refractivity contribution in [3.63, 3.8) is 0 Å². The van der Waals surface area contributed by atoms with E-state index in [9.17, 15) is 0 Å². The van der Waals surface area contributed by atoms with Crippen LogP contribution >= 0.6 is 0 Å². The second-order valence-electron chi connectivity index (χ2n) is 36.6. The molecule has 7 aromatic heterocycles. The van der Waals surface area contributed by atoms with E-state index in [1.54, 1.807) is 0 Å². The highest BCUT2D eigenvalue weighted by Crippen LogP contribution is 2.51. The number of hydrogen-bond donors (Lipinski definition) is 0. The van der Waals surface area contributed by atoms with Gasteiger partial charge in [-0.05, 0) is 261 Å². The second kappa shape index (κ2) is 32.8. The molecule has 0 amide bonds. The largest absolute Gasteiger partial charge is 0.456 e. The molecule has 1 aliphatic carbocycles. The van der Waals surface area contributed by atoms with Gasteiger partial charge in [-0.1, -0.05) is 320 Å². The summed E-state index contributed by atoms with van der Waals surface area (Å²) in [4.78, 5) is 0. The molecule has 0 fully saturated rings. The first-order valence-corrected chi connectivity index (χ1v) is 46.9. The summed E-state index contributed by atoms with van der Waals surface area (Å²) >= 11 is 0. The number of aromatic nitrogens is 6. The summed E-state index contributed by atoms with van der Waals surface area (Å²) in [6, 6.07) is 176. The molecule has 0 saturated heterocycles. The van der Waals surface area contributed by atoms with Crippen LogP contribution in [-0.4, -0.2) is 27.4 Å². The Bertz CT molecular complexity index is 9690. The lowest BCUT2D eigenvalue weighted by atomic mass is 9.82. The zero-order chi connectivity index (χ0) is 89.8. The Morgan fingerprint density at radius 3 is 0.754 bits per heavy atom. The van der Waals surface area contributed by atoms with Crippen molar-refractivity contribution in [3.8, 4) is 89.8 Å². The summed E-state index contributed by atoms with van der Waals surface area (Å²) in [7, 11) is 0. The maximum Gasteiger partial charge on any atom is 0.135 e. The SMILES string of the molecule is C.C.CC1(C)c2ccccc2-c2ccc(-n3c4ccccc4c4cc(-c5ccc6c(c5)c5ccccc5n6-c5ccccc5)ccc43)cc21.c1ccc(-c2ccc(-n3c4ccccc4c4cc(-c5ccc6c(c5)c5ccccc5n6-c5ccccc5)ccc43)cc2)cc1.c1ccc(-n2c3ccccc3c3cc(-c4ccc5c(c4)c4ccccc4n5-c4ccc5oc6ccccc6c5c4)ccc32)cc1. The molecule has 0 aliphatic heterocycles. The summed E-state index contributed by atoms with van der Waals surface area (Å²) < 4.78 is 20.5. The number of hydrogen-bond acceptors (Lipinski definition) is 1. The van der Waals surface area contributed by atoms with Crippen molar-refractivity contribution >= 4 is 153 Å². The summed E-state index contributed by atoms with van der Waals surface area (Å²) in [5.41, 5.74) is 38.7. The molecule has 0 atom stereocenters. The van der Waals surface area contributed by atoms with Gasteiger partial charge in [0, 0.05) is 115 Å². The third kappa shape index (κ3) is 13.1. The summed E-state index contributed by atoms with van der Waals surface area (Å²) in [5, 5.41) is 17.4. The van der Waals surface area contributed by atoms with E-state index in [0.29, 0.717) is 0 Å². The maximum atomic E-state index is 6.14. The van der Waals surface area contributed by atoms with Crippen LogP contribution in [0.25, 0.3) is 243 Å². The first kappa shape index (κ1) is 82.2. The van der Waals surface area contributed by atoms with Gasteiger partial charge in [-0.2, -0.15) is 0 Å². The first-order valence-electron chi connectivity index (χ1n) is 46.9. The molecule has 28 aromatic rings. The Balaban J connectivity index is 0.000000109. The predicted molar refractivity (Wildman–Crippen MR) is 585 cm³/mol. The number of benzene rings is 21. The van der Waals surface area contributed by atoms with E-state index in [1.807, 2.05) is 12.1 Å². The zero-order valence-corrected chi connectivity index (χ0v) is 74.8. The monoisotopic (exact) mass is 1770 g/mol. The molecule has 0 radical (unpaired) electrons. The predicted octanol–water partition coefficient (Wildman–Crippen LogP) is 35.8. The molecule has 0 bridgehead atoms. The van der Waals surface area contributed by atoms with Crippen molar-refractivity contribution in [2.45, 2.75) is 34.1 Å². The van der Waals surface area contributed by atoms with Crippen LogP contribution in [0.15, 0.2) is 490 Å². The lowest BCUT2D eigenvalue weighted by molar-refractivity contribution is 0.660. The van der Waals surface area contributed by atoms with Crippen LogP contribution < -0.4 is 0 Å². The Morgan fingerprint density at radius 2 is 0.391 bits per heavy atom. The van der Waals surface area contributed by atoms with Gasteiger partial charge in [-0.3, -0.25) is 0 Å². The lowest BCUT2D eigenvalue weighted by Gasteiger charge is -2.22. The number of furan rings is 1. The van der Waals surface area contributed by atoms with Gasteiger partial charge in [0.15, 0.2) is 0 Å². The smallest absolute Gasteiger partial charge is 0.135 e. The van der Waals surface area contributed by atoms with E-state index in [2.05, 4.69) is 514 Å². The van der Waals surface area contributed by atoms with Crippen LogP contribution in [0.5, 0.6) is 0 Å². The summed E-state index contributed by atoms with van der Waals surface area (Å²) in [5.74, 6) is 0. The van der Waals surface area contributed by atoms with E-state index in [0.717, 1.165) is 27.6 Å². The fourth-order valence-corrected chi connectivity index (χ4v) is 22.4. The minimum Gasteiger partial charge on any atom is -0.456 e. The molecule has 0 spiro atoms. The molecule has 7 heterocycles. The molecule has 0 saturated carbocycles. The van der Waals surface area contributed by atoms with Crippen LogP contribution in [0.4, 0.5) is 0 Å². The molecule has 138 heavy (non-hydrogen) atoms. The first-order chi connectivity index (χ1) is 67.2. The number of nitrogens with zero attached hydrogens (tertiary/aromatic N) is 6. The molecular formula is C131H94N6O. The van der Waals surface area contributed by atoms with Gasteiger partial charge in [0.25, 0.3) is 0 Å². The van der Waals surface area contributed by atoms with Crippen LogP contribution in [-0.2, 0) is 5.41 Å². The Kier molecular flexibility index (Phi) is 19.6. The minimum atomic E-state index is -0.0455. The second-order valence-corrected chi connectivity index (χ2v) is 36.6. The van der Waals surface area contributed by atoms with Gasteiger partial charge in [-0.15, -0.1) is 0 Å². The molecule has 7 nitrogen and oxygen atoms in total. The number of rotatable bonds is 10. The topological polar surface area (TPSA) is 42.7 Å². The van der Waals surface area contributed by atoms with Gasteiger partial charge < -0.3 is 31.8 Å². The van der Waals surface area contributed by atoms with Crippen molar-refractivity contribution in [2.75, 3.05) is 0 Å². The van der Waals surface area contributed by atoms with Gasteiger partial charge in [0.05, 0.1) is 66.2 Å². The van der Waals surface area contributed by atoms with Crippen LogP contribution in [0.1, 0.15) is 39.8 Å². The molecule has 1 aliphatic rings. The Hall–Kier alpha value is -17.8. The van der Waals surface area contributed by atoms with E-state index < -0.39 is 0 Å². The van der Waals surface area contributed by atoms with E-state index >= 15 is 0 Å². The average molecular weight is 1770 g/mol. The molecule has 7 heteroatoms. The summed E-state index contributed by atoms with van der Waals surface area (Å²) in [6.45, 7) is 4.71. The quantitative estimate of drug-likeness (QED) is 0.135. The summed E-state index contributed by atoms with van der Waals surface area (Å²) in [6.07, 6.45) is 0. The van der Waals surface area contributed by atoms with Crippen molar-refractivity contribution in [3.05, 3.63) is 496 Å². The van der Waals surface area contributed by atoms with Gasteiger partial charge in [0.2, 0.25) is 0 Å². The highest BCUT2D eigenvalue weighted by molar-refractivity contribution is 6.18. The van der Waals surface area contributed by atoms with Gasteiger partial charge >= 0.3 is 0 Å². The standard InChI is InChI=1S/C45H32N2.C42H26N2O.C42H28N2.2CH4/c1-45(2)39-17-9-6-14-33(39)34-23-22-32(28-40(34)45)47-42-19-11-8-16-36(42)38-27-30(21-25-44(38)47)29-20-24-43-37(26-29)35-15-7-10-18-41(35)46(43)31-12-4-3-5-13-31;1-2-10-29(11-3-1)43-37-15-7-4-12-31(37)34-24-27(18-21-39(34)43)28-19-22-40-35(25-28)32-13-5-8-16-38(32)44(40)30-20-23-42-36(26-30)33-14-6-9-17-41(33)45-42;1-3-11-29(12-4-1)30-19-23-34(24-20-30)44-40-18-10-8-16-36(40)38-28-32(22-26-42(38)44)31-21-25-41-37(27-31)35-15-7-9-17-39(35)43(41)33-13-5-2-6-14-33;;/h3-28H,1-2H3;1-26H;1-28H;2*1H4. The van der Waals surface area contributed by atoms with Crippen molar-refractivity contribution in [1.82, 2.24) is 27.4 Å². The molecule has 21 aromatic carbocycles. The van der Waals surface area contributed by atoms with Gasteiger partial charge in [-0.25, -0.2) is 0 Å². The molecular weight excluding hydrogens is 1670 g/mol. The zero-order valence-electron chi connectivity index (χ0n) is 74.8.